The number of rotatable bonds is 10. The molecule has 0 aliphatic heterocycles. The Kier molecular flexibility index (Phi) is 12.8. The van der Waals surface area contributed by atoms with Gasteiger partial charge in [0.1, 0.15) is 0 Å². The summed E-state index contributed by atoms with van der Waals surface area (Å²) in [7, 11) is 0. The molecule has 0 heterocycles. The summed E-state index contributed by atoms with van der Waals surface area (Å²) in [5.74, 6) is -3.67. The Bertz CT molecular complexity index is 205. The molecule has 0 fully saturated rings. The monoisotopic (exact) mass is 266 g/mol. The van der Waals surface area contributed by atoms with Crippen LogP contribution in [0.2, 0.25) is 0 Å². The SMILES string of the molecule is CCCCCCCCCC(C(=O)O)C(=O)O.Cl. The van der Waals surface area contributed by atoms with Crippen molar-refractivity contribution in [2.24, 2.45) is 5.92 Å². The summed E-state index contributed by atoms with van der Waals surface area (Å²) in [4.78, 5) is 21.1. The van der Waals surface area contributed by atoms with Crippen molar-refractivity contribution in [3.8, 4) is 0 Å². The molecule has 0 atom stereocenters. The highest BCUT2D eigenvalue weighted by Gasteiger charge is 2.24. The molecule has 2 N–H and O–H groups in total. The van der Waals surface area contributed by atoms with Crippen LogP contribution in [-0.4, -0.2) is 22.2 Å². The van der Waals surface area contributed by atoms with Gasteiger partial charge in [0.25, 0.3) is 0 Å². The van der Waals surface area contributed by atoms with Crippen LogP contribution in [-0.2, 0) is 9.59 Å². The third-order valence-corrected chi connectivity index (χ3v) is 2.69. The smallest absolute Gasteiger partial charge is 0.317 e. The maximum absolute atomic E-state index is 10.6. The molecule has 0 bridgehead atoms. The van der Waals surface area contributed by atoms with Gasteiger partial charge in [-0.3, -0.25) is 9.59 Å². The molecule has 0 aromatic carbocycles. The van der Waals surface area contributed by atoms with Crippen molar-refractivity contribution in [3.63, 3.8) is 0 Å². The third kappa shape index (κ3) is 10.1. The van der Waals surface area contributed by atoms with Crippen molar-refractivity contribution in [1.29, 1.82) is 0 Å². The van der Waals surface area contributed by atoms with Gasteiger partial charge in [0.2, 0.25) is 0 Å². The molecule has 0 saturated carbocycles. The fraction of sp³-hybridized carbons (Fsp3) is 0.833. The van der Waals surface area contributed by atoms with Crippen LogP contribution < -0.4 is 0 Å². The highest BCUT2D eigenvalue weighted by molar-refractivity contribution is 5.92. The third-order valence-electron chi connectivity index (χ3n) is 2.69. The van der Waals surface area contributed by atoms with Gasteiger partial charge in [0.15, 0.2) is 5.92 Å². The van der Waals surface area contributed by atoms with Gasteiger partial charge < -0.3 is 10.2 Å². The van der Waals surface area contributed by atoms with Gasteiger partial charge in [-0.05, 0) is 6.42 Å². The summed E-state index contributed by atoms with van der Waals surface area (Å²) in [6, 6.07) is 0. The summed E-state index contributed by atoms with van der Waals surface area (Å²) in [5, 5.41) is 17.3. The van der Waals surface area contributed by atoms with E-state index in [1.165, 1.54) is 25.7 Å². The average molecular weight is 267 g/mol. The van der Waals surface area contributed by atoms with Crippen LogP contribution in [0.4, 0.5) is 0 Å². The number of halogens is 1. The maximum atomic E-state index is 10.6. The van der Waals surface area contributed by atoms with Gasteiger partial charge in [-0.2, -0.15) is 0 Å². The van der Waals surface area contributed by atoms with E-state index in [2.05, 4.69) is 6.92 Å². The minimum atomic E-state index is -1.23. The first-order valence-corrected chi connectivity index (χ1v) is 6.05. The van der Waals surface area contributed by atoms with Crippen molar-refractivity contribution >= 4 is 24.3 Å². The van der Waals surface area contributed by atoms with Gasteiger partial charge in [-0.1, -0.05) is 51.9 Å². The molecule has 0 radical (unpaired) electrons. The number of carboxylic acid groups (broad SMARTS) is 2. The lowest BCUT2D eigenvalue weighted by Crippen LogP contribution is -2.23. The number of aliphatic carboxylic acids is 2. The lowest BCUT2D eigenvalue weighted by Gasteiger charge is -2.06. The first kappa shape index (κ1) is 18.6. The lowest BCUT2D eigenvalue weighted by atomic mass is 10.0. The van der Waals surface area contributed by atoms with Gasteiger partial charge in [0.05, 0.1) is 0 Å². The topological polar surface area (TPSA) is 74.6 Å². The minimum Gasteiger partial charge on any atom is -0.481 e. The number of hydrogen-bond donors (Lipinski definition) is 2. The predicted molar refractivity (Wildman–Crippen MR) is 68.6 cm³/mol. The van der Waals surface area contributed by atoms with Crippen LogP contribution in [0.3, 0.4) is 0 Å². The van der Waals surface area contributed by atoms with E-state index >= 15 is 0 Å². The Morgan fingerprint density at radius 3 is 1.71 bits per heavy atom. The Labute approximate surface area is 109 Å². The predicted octanol–water partition coefficient (Wildman–Crippen LogP) is 3.33. The summed E-state index contributed by atoms with van der Waals surface area (Å²) < 4.78 is 0. The minimum absolute atomic E-state index is 0. The van der Waals surface area contributed by atoms with Crippen molar-refractivity contribution in [2.75, 3.05) is 0 Å². The molecule has 0 aromatic heterocycles. The quantitative estimate of drug-likeness (QED) is 0.470. The van der Waals surface area contributed by atoms with Crippen LogP contribution >= 0.6 is 12.4 Å². The lowest BCUT2D eigenvalue weighted by molar-refractivity contribution is -0.154. The molecule has 0 amide bonds. The molecule has 0 aromatic rings. The van der Waals surface area contributed by atoms with E-state index in [9.17, 15) is 9.59 Å². The van der Waals surface area contributed by atoms with Crippen LogP contribution in [0.15, 0.2) is 0 Å². The standard InChI is InChI=1S/C12H22O4.ClH/c1-2-3-4-5-6-7-8-9-10(11(13)14)12(15)16;/h10H,2-9H2,1H3,(H,13,14)(H,15,16);1H. The zero-order valence-electron chi connectivity index (χ0n) is 10.4. The molecule has 0 saturated heterocycles. The van der Waals surface area contributed by atoms with Crippen LogP contribution in [0.25, 0.3) is 0 Å². The second kappa shape index (κ2) is 11.7. The highest BCUT2D eigenvalue weighted by atomic mass is 35.5. The molecule has 0 unspecified atom stereocenters. The van der Waals surface area contributed by atoms with E-state index in [1.54, 1.807) is 0 Å². The fourth-order valence-corrected chi connectivity index (χ4v) is 1.66. The van der Waals surface area contributed by atoms with E-state index in [0.29, 0.717) is 6.42 Å². The number of carbonyl (C=O) groups is 2. The molecule has 0 spiro atoms. The zero-order chi connectivity index (χ0) is 12.4. The Hall–Kier alpha value is -0.770. The largest absolute Gasteiger partial charge is 0.481 e. The molecule has 5 heteroatoms. The molecular formula is C12H23ClO4. The van der Waals surface area contributed by atoms with Gasteiger partial charge in [-0.15, -0.1) is 12.4 Å². The highest BCUT2D eigenvalue weighted by Crippen LogP contribution is 2.13. The van der Waals surface area contributed by atoms with Crippen LogP contribution in [0.5, 0.6) is 0 Å². The van der Waals surface area contributed by atoms with E-state index < -0.39 is 17.9 Å². The van der Waals surface area contributed by atoms with Crippen molar-refractivity contribution in [1.82, 2.24) is 0 Å². The van der Waals surface area contributed by atoms with Crippen molar-refractivity contribution < 1.29 is 19.8 Å². The van der Waals surface area contributed by atoms with Crippen molar-refractivity contribution in [3.05, 3.63) is 0 Å². The zero-order valence-corrected chi connectivity index (χ0v) is 11.2. The Balaban J connectivity index is 0. The number of hydrogen-bond acceptors (Lipinski definition) is 2. The maximum Gasteiger partial charge on any atom is 0.317 e. The summed E-state index contributed by atoms with van der Waals surface area (Å²) in [6.07, 6.45) is 7.78. The summed E-state index contributed by atoms with van der Waals surface area (Å²) in [5.41, 5.74) is 0. The molecule has 4 nitrogen and oxygen atoms in total. The number of carboxylic acids is 2. The summed E-state index contributed by atoms with van der Waals surface area (Å²) in [6.45, 7) is 2.16. The molecule has 102 valence electrons. The van der Waals surface area contributed by atoms with Crippen LogP contribution in [0.1, 0.15) is 58.3 Å². The molecule has 0 aliphatic carbocycles. The molecule has 17 heavy (non-hydrogen) atoms. The molecule has 0 aliphatic rings. The Morgan fingerprint density at radius 2 is 1.29 bits per heavy atom. The normalized spacial score (nSPS) is 10.0. The Morgan fingerprint density at radius 1 is 0.882 bits per heavy atom. The van der Waals surface area contributed by atoms with Gasteiger partial charge >= 0.3 is 11.9 Å². The fourth-order valence-electron chi connectivity index (χ4n) is 1.66. The van der Waals surface area contributed by atoms with Gasteiger partial charge in [-0.25, -0.2) is 0 Å². The van der Waals surface area contributed by atoms with E-state index in [1.807, 2.05) is 0 Å². The van der Waals surface area contributed by atoms with E-state index in [0.717, 1.165) is 12.8 Å². The van der Waals surface area contributed by atoms with Crippen LogP contribution in [0, 0.1) is 5.92 Å². The first-order valence-electron chi connectivity index (χ1n) is 6.05. The molecular weight excluding hydrogens is 244 g/mol. The summed E-state index contributed by atoms with van der Waals surface area (Å²) >= 11 is 0. The number of unbranched alkanes of at least 4 members (excludes halogenated alkanes) is 6. The second-order valence-corrected chi connectivity index (χ2v) is 4.14. The molecule has 0 rings (SSSR count). The van der Waals surface area contributed by atoms with Crippen molar-refractivity contribution in [2.45, 2.75) is 58.3 Å². The van der Waals surface area contributed by atoms with Gasteiger partial charge in [0, 0.05) is 0 Å². The van der Waals surface area contributed by atoms with E-state index in [-0.39, 0.29) is 18.8 Å². The van der Waals surface area contributed by atoms with E-state index in [4.69, 9.17) is 10.2 Å². The average Bonchev–Trinajstić information content (AvgIpc) is 2.21. The second-order valence-electron chi connectivity index (χ2n) is 4.14. The first-order chi connectivity index (χ1) is 7.59.